The molecule has 0 bridgehead atoms. The summed E-state index contributed by atoms with van der Waals surface area (Å²) in [5.74, 6) is -2.71. The van der Waals surface area contributed by atoms with E-state index in [-0.39, 0.29) is 104 Å². The lowest BCUT2D eigenvalue weighted by Crippen LogP contribution is -2.81. The number of aromatic nitrogens is 2. The third-order valence-corrected chi connectivity index (χ3v) is 15.9. The zero-order valence-corrected chi connectivity index (χ0v) is 43.2. The number of ether oxygens (including phenoxy) is 6. The number of hydrogen-bond donors (Lipinski definition) is 2. The second kappa shape index (κ2) is 19.4. The van der Waals surface area contributed by atoms with E-state index in [1.165, 1.54) is 24.8 Å². The Morgan fingerprint density at radius 2 is 0.697 bits per heavy atom. The van der Waals surface area contributed by atoms with E-state index in [0.29, 0.717) is 56.3 Å². The molecule has 400 valence electrons. The minimum Gasteiger partial charge on any atom is -0.496 e. The van der Waals surface area contributed by atoms with E-state index in [9.17, 15) is 9.59 Å². The van der Waals surface area contributed by atoms with Gasteiger partial charge in [0.25, 0.3) is 11.8 Å². The Morgan fingerprint density at radius 1 is 0.421 bits per heavy atom. The monoisotopic (exact) mass is 1040 g/mol. The van der Waals surface area contributed by atoms with Crippen LogP contribution in [-0.2, 0) is 64.3 Å². The minimum absolute atomic E-state index is 0.00465. The first-order valence-electron chi connectivity index (χ1n) is 25.4. The molecule has 0 unspecified atom stereocenters. The van der Waals surface area contributed by atoms with Crippen molar-refractivity contribution < 1.29 is 57.2 Å². The first-order chi connectivity index (χ1) is 36.9. The van der Waals surface area contributed by atoms with E-state index < -0.39 is 46.5 Å². The highest BCUT2D eigenvalue weighted by atomic mass is 16.6. The van der Waals surface area contributed by atoms with Gasteiger partial charge in [-0.1, -0.05) is 0 Å². The van der Waals surface area contributed by atoms with Crippen LogP contribution in [-0.4, -0.2) is 188 Å². The first kappa shape index (κ1) is 51.0. The number of carbonyl (C=O) groups is 6. The number of amides is 2. The van der Waals surface area contributed by atoms with Crippen molar-refractivity contribution in [1.29, 1.82) is 0 Å². The van der Waals surface area contributed by atoms with Gasteiger partial charge < -0.3 is 39.1 Å². The molecule has 2 aromatic heterocycles. The van der Waals surface area contributed by atoms with Crippen LogP contribution in [0.1, 0.15) is 70.7 Å². The van der Waals surface area contributed by atoms with Gasteiger partial charge in [-0.25, -0.2) is 38.8 Å². The molecule has 0 radical (unpaired) electrons. The molecule has 76 heavy (non-hydrogen) atoms. The van der Waals surface area contributed by atoms with Crippen LogP contribution in [0, 0.1) is 0 Å². The molecule has 2 aromatic carbocycles. The van der Waals surface area contributed by atoms with Crippen molar-refractivity contribution in [2.75, 3.05) is 91.3 Å². The van der Waals surface area contributed by atoms with E-state index in [4.69, 9.17) is 28.4 Å². The number of hydrogen-bond acceptors (Lipinski definition) is 22. The summed E-state index contributed by atoms with van der Waals surface area (Å²) in [6, 6.07) is 13.4. The summed E-state index contributed by atoms with van der Waals surface area (Å²) in [5.41, 5.74) is -3.59. The Kier molecular flexibility index (Phi) is 13.0. The highest BCUT2D eigenvalue weighted by Crippen LogP contribution is 2.61. The molecule has 2 N–H and O–H groups in total. The van der Waals surface area contributed by atoms with E-state index in [2.05, 4.69) is 20.6 Å². The molecule has 7 aliphatic rings. The lowest BCUT2D eigenvalue weighted by atomic mass is 9.88. The summed E-state index contributed by atoms with van der Waals surface area (Å²) in [6.07, 6.45) is 6.12. The summed E-state index contributed by atoms with van der Waals surface area (Å²) in [7, 11) is 3.09. The first-order valence-corrected chi connectivity index (χ1v) is 25.4. The summed E-state index contributed by atoms with van der Waals surface area (Å²) in [6.45, 7) is 5.87. The Bertz CT molecular complexity index is 2810. The van der Waals surface area contributed by atoms with Gasteiger partial charge in [-0.2, -0.15) is 0 Å². The van der Waals surface area contributed by atoms with Crippen molar-refractivity contribution in [3.05, 3.63) is 107 Å². The molecule has 0 spiro atoms. The number of esters is 4. The van der Waals surface area contributed by atoms with Gasteiger partial charge in [-0.15, -0.1) is 0 Å². The van der Waals surface area contributed by atoms with Gasteiger partial charge in [0, 0.05) is 84.6 Å². The second-order valence-corrected chi connectivity index (χ2v) is 19.3. The van der Waals surface area contributed by atoms with E-state index in [0.717, 1.165) is 0 Å². The zero-order valence-electron chi connectivity index (χ0n) is 43.2. The summed E-state index contributed by atoms with van der Waals surface area (Å²) in [5, 5.41) is 6.18. The highest BCUT2D eigenvalue weighted by Gasteiger charge is 2.87. The summed E-state index contributed by atoms with van der Waals surface area (Å²) < 4.78 is 36.6. The smallest absolute Gasteiger partial charge is 0.346 e. The quantitative estimate of drug-likeness (QED) is 0.136. The Labute approximate surface area is 438 Å². The number of fused-ring (bicyclic) bond motifs is 2. The van der Waals surface area contributed by atoms with Gasteiger partial charge in [0.15, 0.2) is 0 Å². The fraction of sp³-hybridized carbons (Fsp3) is 0.462. The van der Waals surface area contributed by atoms with Gasteiger partial charge in [0.1, 0.15) is 11.5 Å². The highest BCUT2D eigenvalue weighted by molar-refractivity contribution is 6.06. The molecule has 9 heterocycles. The number of carbonyl (C=O) groups excluding carboxylic acids is 6. The Balaban J connectivity index is 1.10. The van der Waals surface area contributed by atoms with Gasteiger partial charge in [-0.05, 0) is 87.4 Å². The largest absolute Gasteiger partial charge is 0.496 e. The molecular formula is C52H60N12O12. The lowest BCUT2D eigenvalue weighted by Gasteiger charge is -2.53. The third kappa shape index (κ3) is 6.91. The number of benzene rings is 2. The maximum absolute atomic E-state index is 15.8. The average Bonchev–Trinajstić information content (AvgIpc) is 4.19. The predicted molar refractivity (Wildman–Crippen MR) is 267 cm³/mol. The van der Waals surface area contributed by atoms with Crippen LogP contribution in [0.2, 0.25) is 0 Å². The molecule has 4 atom stereocenters. The second-order valence-electron chi connectivity index (χ2n) is 19.3. The van der Waals surface area contributed by atoms with Crippen LogP contribution in [0.4, 0.5) is 11.4 Å². The van der Waals surface area contributed by atoms with Crippen molar-refractivity contribution in [1.82, 2.24) is 49.2 Å². The number of nitrogens with one attached hydrogen (secondary N) is 2. The minimum atomic E-state index is -1.99. The molecular weight excluding hydrogens is 985 g/mol. The topological polar surface area (TPSA) is 234 Å². The SMILES string of the molecule is CCOC(=O)[C@]12N3CN4Cc5c(NC(=O)c6ccncc6)ccc(OC)c5CN(CN1CN1CN5Cc6c(NC(=O)c7ccncc7)ccc(OC)c6CN6CN(C3)[C@@]1(C(=O)OCC)[C@]56C(=O)OCC)[C@@]42C(=O)OCC. The van der Waals surface area contributed by atoms with Crippen molar-refractivity contribution >= 4 is 47.1 Å². The van der Waals surface area contributed by atoms with Crippen LogP contribution in [0.3, 0.4) is 0 Å². The normalized spacial score (nSPS) is 26.1. The third-order valence-electron chi connectivity index (χ3n) is 15.9. The molecule has 5 saturated heterocycles. The lowest BCUT2D eigenvalue weighted by molar-refractivity contribution is -0.214. The average molecular weight is 1050 g/mol. The number of methoxy groups -OCH3 is 2. The van der Waals surface area contributed by atoms with Crippen molar-refractivity contribution in [2.45, 2.75) is 76.5 Å². The van der Waals surface area contributed by atoms with E-state index >= 15 is 19.2 Å². The van der Waals surface area contributed by atoms with Gasteiger partial charge in [-0.3, -0.25) is 39.2 Å². The molecule has 4 aromatic rings. The van der Waals surface area contributed by atoms with Crippen LogP contribution < -0.4 is 20.1 Å². The van der Waals surface area contributed by atoms with Crippen molar-refractivity contribution in [2.24, 2.45) is 0 Å². The maximum atomic E-state index is 15.8. The number of nitrogens with zero attached hydrogens (tertiary/aromatic N) is 10. The maximum Gasteiger partial charge on any atom is 0.346 e. The van der Waals surface area contributed by atoms with Crippen LogP contribution in [0.5, 0.6) is 11.5 Å². The number of pyridine rings is 2. The molecule has 5 fully saturated rings. The van der Waals surface area contributed by atoms with Gasteiger partial charge >= 0.3 is 23.9 Å². The van der Waals surface area contributed by atoms with Crippen LogP contribution in [0.25, 0.3) is 0 Å². The predicted octanol–water partition coefficient (Wildman–Crippen LogP) is 1.99. The molecule has 0 saturated carbocycles. The Morgan fingerprint density at radius 3 is 0.987 bits per heavy atom. The van der Waals surface area contributed by atoms with Crippen molar-refractivity contribution in [3.63, 3.8) is 0 Å². The van der Waals surface area contributed by atoms with Gasteiger partial charge in [0.05, 0.1) is 80.7 Å². The van der Waals surface area contributed by atoms with E-state index in [1.54, 1.807) is 90.4 Å². The molecule has 7 aliphatic heterocycles. The number of anilines is 2. The molecule has 0 aliphatic carbocycles. The zero-order chi connectivity index (χ0) is 53.3. The number of rotatable bonds is 14. The fourth-order valence-electron chi connectivity index (χ4n) is 13.2. The molecule has 24 heteroatoms. The summed E-state index contributed by atoms with van der Waals surface area (Å²) in [4.78, 5) is 114. The summed E-state index contributed by atoms with van der Waals surface area (Å²) >= 11 is 0. The van der Waals surface area contributed by atoms with Crippen molar-refractivity contribution in [3.8, 4) is 11.5 Å². The molecule has 24 nitrogen and oxygen atoms in total. The molecule has 2 amide bonds. The van der Waals surface area contributed by atoms with Gasteiger partial charge in [0.2, 0.25) is 22.7 Å². The fourth-order valence-corrected chi connectivity index (χ4v) is 13.2. The van der Waals surface area contributed by atoms with Crippen LogP contribution >= 0.6 is 0 Å². The Hall–Kier alpha value is -7.16. The molecule has 11 rings (SSSR count). The standard InChI is InChI=1S/C52H60N12O12/c1-7-73-45(67)49-51(47(69)75-9-3)61-27-57(49)23-35-37(41(71-5)13-11-39(35)55-43(65)33-15-19-53-20-16-33)25-59(49)29-63(51)32-62-28-58-24-36-38(42(72-6)14-12-40(36)56-44(66)34-17-21-54-22-18-34)26-60-30-64(31-61)52(62,48(70)76-10-4)50(58,60)46(68)74-8-2/h11-22H,7-10,23-32H2,1-6H3,(H,55,65)(H,56,66)/t49-,50-,51+,52+/m1/s1. The van der Waals surface area contributed by atoms with E-state index in [1.807, 2.05) is 39.2 Å². The van der Waals surface area contributed by atoms with Crippen LogP contribution in [0.15, 0.2) is 73.3 Å².